The standard InChI is InChI=1S/C28H37N3O5/c1-3-24(26(33)29-20-10-4-5-11-20)31(18-19-9-8-12-21(17-19)36-2)25(32)15-16-30-27(34)22-13-6-7-14-23(22)28(30)35/h6-9,12,17,20,22-24H,3-5,10-11,13-16,18H2,1-2H3,(H,29,33)/t22-,23+,24?. The number of amides is 4. The number of rotatable bonds is 10. The van der Waals surface area contributed by atoms with Crippen molar-refractivity contribution in [1.82, 2.24) is 15.1 Å². The van der Waals surface area contributed by atoms with Crippen LogP contribution in [-0.2, 0) is 25.7 Å². The number of methoxy groups -OCH3 is 1. The van der Waals surface area contributed by atoms with Crippen LogP contribution in [0, 0.1) is 11.8 Å². The molecule has 1 aliphatic heterocycles. The summed E-state index contributed by atoms with van der Waals surface area (Å²) >= 11 is 0. The molecule has 1 unspecified atom stereocenters. The fourth-order valence-electron chi connectivity index (χ4n) is 5.69. The second kappa shape index (κ2) is 11.7. The highest BCUT2D eigenvalue weighted by atomic mass is 16.5. The zero-order chi connectivity index (χ0) is 25.7. The van der Waals surface area contributed by atoms with E-state index in [0.717, 1.165) is 31.2 Å². The first kappa shape index (κ1) is 25.9. The molecule has 0 bridgehead atoms. The molecule has 1 saturated heterocycles. The second-order valence-electron chi connectivity index (χ2n) is 10.0. The number of carbonyl (C=O) groups excluding carboxylic acids is 4. The van der Waals surface area contributed by atoms with Gasteiger partial charge in [-0.25, -0.2) is 0 Å². The Kier molecular flexibility index (Phi) is 8.44. The number of nitrogens with one attached hydrogen (secondary N) is 1. The first-order valence-electron chi connectivity index (χ1n) is 13.2. The summed E-state index contributed by atoms with van der Waals surface area (Å²) in [5, 5.41) is 3.14. The summed E-state index contributed by atoms with van der Waals surface area (Å²) < 4.78 is 5.34. The van der Waals surface area contributed by atoms with Crippen molar-refractivity contribution in [3.05, 3.63) is 42.0 Å². The molecular formula is C28H37N3O5. The summed E-state index contributed by atoms with van der Waals surface area (Å²) in [6.45, 7) is 2.18. The molecule has 4 rings (SSSR count). The lowest BCUT2D eigenvalue weighted by Crippen LogP contribution is -2.51. The Morgan fingerprint density at radius 3 is 2.39 bits per heavy atom. The average Bonchev–Trinajstić information content (AvgIpc) is 3.49. The SMILES string of the molecule is CCC(C(=O)NC1CCCC1)N(Cc1cccc(OC)c1)C(=O)CCN1C(=O)[C@H]2CC=CC[C@H]2C1=O. The Balaban J connectivity index is 1.49. The van der Waals surface area contributed by atoms with Crippen molar-refractivity contribution in [1.29, 1.82) is 0 Å². The van der Waals surface area contributed by atoms with Crippen LogP contribution in [0.15, 0.2) is 36.4 Å². The summed E-state index contributed by atoms with van der Waals surface area (Å²) in [7, 11) is 1.59. The van der Waals surface area contributed by atoms with E-state index in [0.29, 0.717) is 25.0 Å². The van der Waals surface area contributed by atoms with E-state index in [2.05, 4.69) is 5.32 Å². The summed E-state index contributed by atoms with van der Waals surface area (Å²) in [6, 6.07) is 6.95. The lowest BCUT2D eigenvalue weighted by atomic mass is 9.85. The van der Waals surface area contributed by atoms with Crippen molar-refractivity contribution in [2.75, 3.05) is 13.7 Å². The third-order valence-electron chi connectivity index (χ3n) is 7.72. The number of benzene rings is 1. The molecule has 194 valence electrons. The molecule has 3 atom stereocenters. The van der Waals surface area contributed by atoms with Crippen LogP contribution in [0.2, 0.25) is 0 Å². The van der Waals surface area contributed by atoms with Crippen molar-refractivity contribution in [2.24, 2.45) is 11.8 Å². The molecule has 8 heteroatoms. The van der Waals surface area contributed by atoms with Gasteiger partial charge in [0.05, 0.1) is 18.9 Å². The Morgan fingerprint density at radius 1 is 1.11 bits per heavy atom. The topological polar surface area (TPSA) is 96.0 Å². The third-order valence-corrected chi connectivity index (χ3v) is 7.72. The maximum absolute atomic E-state index is 13.6. The molecule has 1 aromatic carbocycles. The smallest absolute Gasteiger partial charge is 0.243 e. The summed E-state index contributed by atoms with van der Waals surface area (Å²) in [6.07, 6.45) is 9.62. The number of likely N-dealkylation sites (tertiary alicyclic amines) is 1. The quantitative estimate of drug-likeness (QED) is 0.397. The highest BCUT2D eigenvalue weighted by Gasteiger charge is 2.47. The minimum absolute atomic E-state index is 0.0124. The van der Waals surface area contributed by atoms with Crippen molar-refractivity contribution in [3.8, 4) is 5.75 Å². The molecule has 1 heterocycles. The van der Waals surface area contributed by atoms with Gasteiger partial charge < -0.3 is 15.0 Å². The van der Waals surface area contributed by atoms with Crippen LogP contribution in [0.5, 0.6) is 5.75 Å². The van der Waals surface area contributed by atoms with Crippen LogP contribution in [-0.4, -0.2) is 59.2 Å². The zero-order valence-corrected chi connectivity index (χ0v) is 21.3. The van der Waals surface area contributed by atoms with Crippen molar-refractivity contribution in [3.63, 3.8) is 0 Å². The second-order valence-corrected chi connectivity index (χ2v) is 10.0. The Hall–Kier alpha value is -3.16. The Morgan fingerprint density at radius 2 is 1.78 bits per heavy atom. The predicted octanol–water partition coefficient (Wildman–Crippen LogP) is 3.20. The Labute approximate surface area is 213 Å². The molecule has 1 aromatic rings. The van der Waals surface area contributed by atoms with Crippen LogP contribution in [0.25, 0.3) is 0 Å². The van der Waals surface area contributed by atoms with E-state index in [9.17, 15) is 19.2 Å². The van der Waals surface area contributed by atoms with Gasteiger partial charge in [-0.3, -0.25) is 24.1 Å². The van der Waals surface area contributed by atoms with Crippen molar-refractivity contribution in [2.45, 2.75) is 76.9 Å². The number of hydrogen-bond donors (Lipinski definition) is 1. The third kappa shape index (κ3) is 5.63. The molecule has 2 fully saturated rings. The van der Waals surface area contributed by atoms with Crippen molar-refractivity contribution >= 4 is 23.6 Å². The van der Waals surface area contributed by atoms with E-state index >= 15 is 0 Å². The van der Waals surface area contributed by atoms with Gasteiger partial charge in [0.1, 0.15) is 11.8 Å². The van der Waals surface area contributed by atoms with Gasteiger partial charge in [-0.1, -0.05) is 44.1 Å². The minimum Gasteiger partial charge on any atom is -0.497 e. The number of carbonyl (C=O) groups is 4. The van der Waals surface area contributed by atoms with Crippen LogP contribution in [0.3, 0.4) is 0 Å². The number of allylic oxidation sites excluding steroid dienone is 2. The van der Waals surface area contributed by atoms with Gasteiger partial charge in [-0.05, 0) is 49.8 Å². The molecule has 1 saturated carbocycles. The van der Waals surface area contributed by atoms with E-state index in [-0.39, 0.29) is 61.0 Å². The number of imide groups is 1. The zero-order valence-electron chi connectivity index (χ0n) is 21.3. The molecule has 8 nitrogen and oxygen atoms in total. The van der Waals surface area contributed by atoms with E-state index in [4.69, 9.17) is 4.74 Å². The van der Waals surface area contributed by atoms with Gasteiger partial charge in [0.25, 0.3) is 0 Å². The van der Waals surface area contributed by atoms with Crippen LogP contribution in [0.4, 0.5) is 0 Å². The van der Waals surface area contributed by atoms with E-state index < -0.39 is 6.04 Å². The highest BCUT2D eigenvalue weighted by molar-refractivity contribution is 6.05. The predicted molar refractivity (Wildman–Crippen MR) is 135 cm³/mol. The maximum atomic E-state index is 13.6. The molecule has 1 N–H and O–H groups in total. The first-order chi connectivity index (χ1) is 17.4. The summed E-state index contributed by atoms with van der Waals surface area (Å²) in [5.41, 5.74) is 0.847. The molecule has 0 spiro atoms. The van der Waals surface area contributed by atoms with Gasteiger partial charge in [0, 0.05) is 25.6 Å². The number of nitrogens with zero attached hydrogens (tertiary/aromatic N) is 2. The molecule has 0 aromatic heterocycles. The van der Waals surface area contributed by atoms with Crippen LogP contribution >= 0.6 is 0 Å². The van der Waals surface area contributed by atoms with Gasteiger partial charge in [0.15, 0.2) is 0 Å². The van der Waals surface area contributed by atoms with Crippen LogP contribution in [0.1, 0.15) is 63.9 Å². The molecular weight excluding hydrogens is 458 g/mol. The lowest BCUT2D eigenvalue weighted by Gasteiger charge is -2.32. The first-order valence-corrected chi connectivity index (χ1v) is 13.2. The van der Waals surface area contributed by atoms with Gasteiger partial charge in [-0.2, -0.15) is 0 Å². The lowest BCUT2D eigenvalue weighted by molar-refractivity contribution is -0.144. The number of ether oxygens (including phenoxy) is 1. The maximum Gasteiger partial charge on any atom is 0.243 e. The number of fused-ring (bicyclic) bond motifs is 1. The molecule has 3 aliphatic rings. The highest BCUT2D eigenvalue weighted by Crippen LogP contribution is 2.35. The molecule has 36 heavy (non-hydrogen) atoms. The van der Waals surface area contributed by atoms with Crippen molar-refractivity contribution < 1.29 is 23.9 Å². The minimum atomic E-state index is -0.638. The van der Waals surface area contributed by atoms with Gasteiger partial charge >= 0.3 is 0 Å². The normalized spacial score (nSPS) is 22.4. The van der Waals surface area contributed by atoms with Gasteiger partial charge in [-0.15, -0.1) is 0 Å². The average molecular weight is 496 g/mol. The molecule has 0 radical (unpaired) electrons. The van der Waals surface area contributed by atoms with E-state index in [1.807, 2.05) is 43.3 Å². The fourth-order valence-corrected chi connectivity index (χ4v) is 5.69. The summed E-state index contributed by atoms with van der Waals surface area (Å²) in [4.78, 5) is 55.4. The van der Waals surface area contributed by atoms with Gasteiger partial charge in [0.2, 0.25) is 23.6 Å². The monoisotopic (exact) mass is 495 g/mol. The molecule has 4 amide bonds. The Bertz CT molecular complexity index is 990. The number of hydrogen-bond acceptors (Lipinski definition) is 5. The van der Waals surface area contributed by atoms with E-state index in [1.54, 1.807) is 12.0 Å². The summed E-state index contributed by atoms with van der Waals surface area (Å²) in [5.74, 6) is -0.726. The van der Waals surface area contributed by atoms with E-state index in [1.165, 1.54) is 4.90 Å². The largest absolute Gasteiger partial charge is 0.497 e. The van der Waals surface area contributed by atoms with Crippen LogP contribution < -0.4 is 10.1 Å². The molecule has 2 aliphatic carbocycles. The fraction of sp³-hybridized carbons (Fsp3) is 0.571.